The van der Waals surface area contributed by atoms with Crippen LogP contribution in [0.4, 0.5) is 0 Å². The fourth-order valence-corrected chi connectivity index (χ4v) is 5.23. The molecule has 0 spiro atoms. The van der Waals surface area contributed by atoms with E-state index in [4.69, 9.17) is 7.16 Å². The molecule has 2 aromatic carbocycles. The van der Waals surface area contributed by atoms with Gasteiger partial charge in [-0.3, -0.25) is 0 Å². The Bertz CT molecular complexity index is 1530. The molecule has 154 valence electrons. The van der Waals surface area contributed by atoms with Crippen LogP contribution >= 0.6 is 0 Å². The van der Waals surface area contributed by atoms with Gasteiger partial charge in [0.2, 0.25) is 11.4 Å². The first-order chi connectivity index (χ1) is 16.0. The molecule has 1 aliphatic carbocycles. The highest BCUT2D eigenvalue weighted by Crippen LogP contribution is 2.42. The van der Waals surface area contributed by atoms with Crippen LogP contribution in [-0.4, -0.2) is 4.98 Å². The van der Waals surface area contributed by atoms with Crippen molar-refractivity contribution in [3.8, 4) is 11.3 Å². The molecule has 1 aliphatic rings. The molecule has 0 aliphatic heterocycles. The number of aromatic nitrogens is 2. The van der Waals surface area contributed by atoms with Crippen molar-refractivity contribution in [3.63, 3.8) is 0 Å². The third-order valence-electron chi connectivity index (χ3n) is 6.80. The molecular weight excluding hydrogens is 380 g/mol. The highest BCUT2D eigenvalue weighted by atomic mass is 16.3. The zero-order valence-corrected chi connectivity index (χ0v) is 18.0. The van der Waals surface area contributed by atoms with E-state index in [0.29, 0.717) is 5.71 Å². The zero-order valence-electron chi connectivity index (χ0n) is 20.0. The molecule has 0 unspecified atom stereocenters. The van der Waals surface area contributed by atoms with Crippen LogP contribution in [0.15, 0.2) is 65.3 Å². The average Bonchev–Trinajstić information content (AvgIpc) is 3.49. The molecular formula is C28H27N2O+. The van der Waals surface area contributed by atoms with E-state index in [1.807, 2.05) is 31.4 Å². The Balaban J connectivity index is 1.69. The molecule has 3 heteroatoms. The molecule has 0 saturated heterocycles. The number of aryl methyl sites for hydroxylation is 2. The van der Waals surface area contributed by atoms with E-state index in [1.54, 1.807) is 6.20 Å². The Kier molecular flexibility index (Phi) is 3.83. The predicted octanol–water partition coefficient (Wildman–Crippen LogP) is 6.67. The lowest BCUT2D eigenvalue weighted by molar-refractivity contribution is -0.660. The SMILES string of the molecule is [2H]C([2H])(c1cc[n+](C)c(-c2c(C)c3ccccc3c3c2oc2ncccc23)c1)C1CCCC1. The average molecular weight is 410 g/mol. The third kappa shape index (κ3) is 2.95. The van der Waals surface area contributed by atoms with Gasteiger partial charge >= 0.3 is 0 Å². The minimum atomic E-state index is -1.35. The van der Waals surface area contributed by atoms with Gasteiger partial charge in [0.05, 0.1) is 5.56 Å². The van der Waals surface area contributed by atoms with Crippen molar-refractivity contribution in [2.24, 2.45) is 13.0 Å². The number of furan rings is 1. The van der Waals surface area contributed by atoms with E-state index in [0.717, 1.165) is 69.8 Å². The number of rotatable bonds is 3. The summed E-state index contributed by atoms with van der Waals surface area (Å²) in [5.74, 6) is 0.0752. The van der Waals surface area contributed by atoms with Gasteiger partial charge < -0.3 is 4.42 Å². The van der Waals surface area contributed by atoms with E-state index in [-0.39, 0.29) is 5.92 Å². The standard InChI is InChI=1S/C28H27N2O/c1-18-21-10-5-6-11-22(21)26-23-12-7-14-29-28(23)31-27(26)25(18)24-17-20(13-15-30(24)2)16-19-8-3-4-9-19/h5-7,10-15,17,19H,3-4,8-9,16H2,1-2H3/q+1/i16D2. The van der Waals surface area contributed by atoms with Gasteiger partial charge in [0, 0.05) is 31.8 Å². The summed E-state index contributed by atoms with van der Waals surface area (Å²) in [6.07, 6.45) is 6.55. The fourth-order valence-electron chi connectivity index (χ4n) is 5.23. The summed E-state index contributed by atoms with van der Waals surface area (Å²) in [6, 6.07) is 16.4. The maximum Gasteiger partial charge on any atom is 0.227 e. The van der Waals surface area contributed by atoms with Crippen molar-refractivity contribution in [1.29, 1.82) is 0 Å². The van der Waals surface area contributed by atoms with E-state index in [1.165, 1.54) is 5.39 Å². The van der Waals surface area contributed by atoms with Crippen molar-refractivity contribution in [2.45, 2.75) is 39.0 Å². The molecule has 1 saturated carbocycles. The van der Waals surface area contributed by atoms with Gasteiger partial charge in [-0.1, -0.05) is 49.9 Å². The first-order valence-corrected chi connectivity index (χ1v) is 11.2. The Labute approximate surface area is 185 Å². The molecule has 0 N–H and O–H groups in total. The molecule has 3 nitrogen and oxygen atoms in total. The van der Waals surface area contributed by atoms with Crippen LogP contribution in [-0.2, 0) is 13.4 Å². The maximum atomic E-state index is 8.95. The van der Waals surface area contributed by atoms with Crippen molar-refractivity contribution >= 4 is 32.8 Å². The van der Waals surface area contributed by atoms with E-state index in [2.05, 4.69) is 46.8 Å². The number of benzene rings is 2. The summed E-state index contributed by atoms with van der Waals surface area (Å²) in [4.78, 5) is 4.49. The maximum absolute atomic E-state index is 8.95. The molecule has 3 aromatic heterocycles. The molecule has 3 heterocycles. The second-order valence-electron chi connectivity index (χ2n) is 8.75. The van der Waals surface area contributed by atoms with Gasteiger partial charge in [-0.2, -0.15) is 0 Å². The van der Waals surface area contributed by atoms with Crippen molar-refractivity contribution in [1.82, 2.24) is 4.98 Å². The molecule has 0 atom stereocenters. The van der Waals surface area contributed by atoms with E-state index >= 15 is 0 Å². The van der Waals surface area contributed by atoms with Gasteiger partial charge in [-0.05, 0) is 53.2 Å². The van der Waals surface area contributed by atoms with Crippen molar-refractivity contribution in [2.75, 3.05) is 0 Å². The van der Waals surface area contributed by atoms with Gasteiger partial charge in [-0.25, -0.2) is 9.55 Å². The highest BCUT2D eigenvalue weighted by Gasteiger charge is 2.25. The Morgan fingerprint density at radius 1 is 1.06 bits per heavy atom. The molecule has 0 amide bonds. The fraction of sp³-hybridized carbons (Fsp3) is 0.286. The smallest absolute Gasteiger partial charge is 0.227 e. The predicted molar refractivity (Wildman–Crippen MR) is 126 cm³/mol. The number of hydrogen-bond donors (Lipinski definition) is 0. The lowest BCUT2D eigenvalue weighted by Crippen LogP contribution is -2.31. The number of hydrogen-bond acceptors (Lipinski definition) is 2. The summed E-state index contributed by atoms with van der Waals surface area (Å²) >= 11 is 0. The number of pyridine rings is 2. The normalized spacial score (nSPS) is 16.3. The molecule has 31 heavy (non-hydrogen) atoms. The molecule has 6 rings (SSSR count). The monoisotopic (exact) mass is 409 g/mol. The lowest BCUT2D eigenvalue weighted by Gasteiger charge is -2.12. The summed E-state index contributed by atoms with van der Waals surface area (Å²) in [5.41, 5.74) is 5.29. The highest BCUT2D eigenvalue weighted by molar-refractivity contribution is 6.22. The second kappa shape index (κ2) is 7.19. The quantitative estimate of drug-likeness (QED) is 0.312. The van der Waals surface area contributed by atoms with Crippen molar-refractivity contribution in [3.05, 3.63) is 72.1 Å². The zero-order chi connectivity index (χ0) is 22.7. The summed E-state index contributed by atoms with van der Waals surface area (Å²) in [6.45, 7) is 2.13. The summed E-state index contributed by atoms with van der Waals surface area (Å²) < 4.78 is 26.4. The number of nitrogens with zero attached hydrogens (tertiary/aromatic N) is 2. The second-order valence-corrected chi connectivity index (χ2v) is 8.75. The van der Waals surface area contributed by atoms with Crippen LogP contribution in [0.5, 0.6) is 0 Å². The summed E-state index contributed by atoms with van der Waals surface area (Å²) in [7, 11) is 2.02. The molecule has 1 fully saturated rings. The van der Waals surface area contributed by atoms with Gasteiger partial charge in [0.15, 0.2) is 11.8 Å². The van der Waals surface area contributed by atoms with Crippen LogP contribution in [0, 0.1) is 12.8 Å². The molecule has 5 aromatic rings. The molecule has 0 radical (unpaired) electrons. The Morgan fingerprint density at radius 2 is 1.84 bits per heavy atom. The first kappa shape index (κ1) is 16.5. The van der Waals surface area contributed by atoms with Gasteiger partial charge in [-0.15, -0.1) is 0 Å². The summed E-state index contributed by atoms with van der Waals surface area (Å²) in [5, 5.41) is 4.40. The van der Waals surface area contributed by atoms with Crippen LogP contribution in [0.3, 0.4) is 0 Å². The first-order valence-electron chi connectivity index (χ1n) is 12.2. The van der Waals surface area contributed by atoms with Gasteiger partial charge in [0.1, 0.15) is 7.05 Å². The Morgan fingerprint density at radius 3 is 2.68 bits per heavy atom. The van der Waals surface area contributed by atoms with Crippen molar-refractivity contribution < 1.29 is 11.7 Å². The topological polar surface area (TPSA) is 29.9 Å². The van der Waals surface area contributed by atoms with Crippen LogP contribution in [0.25, 0.3) is 44.1 Å². The van der Waals surface area contributed by atoms with E-state index in [9.17, 15) is 0 Å². The Hall–Kier alpha value is -3.20. The number of fused-ring (bicyclic) bond motifs is 5. The minimum Gasteiger partial charge on any atom is -0.437 e. The lowest BCUT2D eigenvalue weighted by atomic mass is 9.92. The van der Waals surface area contributed by atoms with E-state index < -0.39 is 6.37 Å². The molecule has 0 bridgehead atoms. The van der Waals surface area contributed by atoms with Crippen LogP contribution in [0.1, 0.15) is 39.6 Å². The largest absolute Gasteiger partial charge is 0.437 e. The van der Waals surface area contributed by atoms with Crippen LogP contribution < -0.4 is 4.57 Å². The minimum absolute atomic E-state index is 0.0752. The third-order valence-corrected chi connectivity index (χ3v) is 6.80. The van der Waals surface area contributed by atoms with Gasteiger partial charge in [0.25, 0.3) is 0 Å². The van der Waals surface area contributed by atoms with Crippen LogP contribution in [0.2, 0.25) is 0 Å².